The highest BCUT2D eigenvalue weighted by molar-refractivity contribution is 6.36. The third-order valence-corrected chi connectivity index (χ3v) is 10.5. The molecule has 1 saturated heterocycles. The summed E-state index contributed by atoms with van der Waals surface area (Å²) in [6.45, 7) is 1.96. The number of hydrogen-bond acceptors (Lipinski definition) is 5. The van der Waals surface area contributed by atoms with E-state index >= 15 is 0 Å². The Hall–Kier alpha value is -4.46. The SMILES string of the molecule is CCOC(=O)c1ccc(NC(=O)[C@H](Cc2ccccc2)N2C(=O)[C@@H]3[C@H](C2=O)C2(Cl)c4ccccc4C3(Cl)c3ccccc32)cc1. The second-order valence-corrected chi connectivity index (χ2v) is 12.7. The van der Waals surface area contributed by atoms with Gasteiger partial charge in [-0.15, -0.1) is 23.2 Å². The Morgan fingerprint density at radius 1 is 0.756 bits per heavy atom. The van der Waals surface area contributed by atoms with Gasteiger partial charge in [0.05, 0.1) is 24.0 Å². The Morgan fingerprint density at radius 3 is 1.69 bits per heavy atom. The highest BCUT2D eigenvalue weighted by atomic mass is 35.5. The minimum absolute atomic E-state index is 0.0783. The van der Waals surface area contributed by atoms with Crippen molar-refractivity contribution in [3.63, 3.8) is 0 Å². The molecule has 9 heteroatoms. The van der Waals surface area contributed by atoms with Gasteiger partial charge in [-0.05, 0) is 59.0 Å². The van der Waals surface area contributed by atoms with Crippen LogP contribution in [0.3, 0.4) is 0 Å². The first kappa shape index (κ1) is 29.3. The maximum Gasteiger partial charge on any atom is 0.338 e. The van der Waals surface area contributed by atoms with Gasteiger partial charge in [-0.3, -0.25) is 19.3 Å². The van der Waals surface area contributed by atoms with E-state index in [0.717, 1.165) is 10.5 Å². The van der Waals surface area contributed by atoms with Gasteiger partial charge in [-0.25, -0.2) is 4.79 Å². The van der Waals surface area contributed by atoms with Crippen molar-refractivity contribution in [1.82, 2.24) is 4.90 Å². The minimum Gasteiger partial charge on any atom is -0.462 e. The lowest BCUT2D eigenvalue weighted by Gasteiger charge is -2.54. The molecule has 1 N–H and O–H groups in total. The Kier molecular flexibility index (Phi) is 7.06. The molecule has 4 aliphatic rings. The fourth-order valence-corrected chi connectivity index (χ4v) is 8.36. The summed E-state index contributed by atoms with van der Waals surface area (Å²) in [5.41, 5.74) is 4.25. The number of esters is 1. The quantitative estimate of drug-likeness (QED) is 0.152. The lowest BCUT2D eigenvalue weighted by atomic mass is 9.54. The Bertz CT molecular complexity index is 1740. The molecule has 0 saturated carbocycles. The molecule has 1 aliphatic heterocycles. The maximum atomic E-state index is 14.6. The van der Waals surface area contributed by atoms with E-state index in [-0.39, 0.29) is 13.0 Å². The Balaban J connectivity index is 1.30. The number of anilines is 1. The molecule has 7 nitrogen and oxygen atoms in total. The molecule has 0 unspecified atom stereocenters. The Labute approximate surface area is 270 Å². The molecule has 3 atom stereocenters. The van der Waals surface area contributed by atoms with Crippen LogP contribution in [-0.2, 0) is 35.3 Å². The second kappa shape index (κ2) is 10.9. The average Bonchev–Trinajstić information content (AvgIpc) is 3.33. The van der Waals surface area contributed by atoms with E-state index in [1.165, 1.54) is 0 Å². The first-order valence-corrected chi connectivity index (χ1v) is 15.5. The van der Waals surface area contributed by atoms with Gasteiger partial charge >= 0.3 is 5.97 Å². The van der Waals surface area contributed by atoms with Crippen molar-refractivity contribution in [2.24, 2.45) is 11.8 Å². The van der Waals surface area contributed by atoms with Crippen LogP contribution in [0.5, 0.6) is 0 Å². The number of rotatable bonds is 7. The number of ether oxygens (including phenoxy) is 1. The van der Waals surface area contributed by atoms with Crippen molar-refractivity contribution in [2.75, 3.05) is 11.9 Å². The van der Waals surface area contributed by atoms with Gasteiger partial charge < -0.3 is 10.1 Å². The topological polar surface area (TPSA) is 92.8 Å². The highest BCUT2D eigenvalue weighted by Gasteiger charge is 2.73. The molecule has 4 aromatic carbocycles. The van der Waals surface area contributed by atoms with Crippen molar-refractivity contribution < 1.29 is 23.9 Å². The normalized spacial score (nSPS) is 24.8. The summed E-state index contributed by atoms with van der Waals surface area (Å²) in [5.74, 6) is -4.16. The highest BCUT2D eigenvalue weighted by Crippen LogP contribution is 2.69. The van der Waals surface area contributed by atoms with Crippen molar-refractivity contribution >= 4 is 52.6 Å². The molecular formula is C36H28Cl2N2O5. The number of benzene rings is 4. The first-order valence-electron chi connectivity index (χ1n) is 14.8. The van der Waals surface area contributed by atoms with Gasteiger partial charge in [0, 0.05) is 12.1 Å². The van der Waals surface area contributed by atoms with Crippen LogP contribution in [0.25, 0.3) is 0 Å². The zero-order valence-electron chi connectivity index (χ0n) is 24.2. The van der Waals surface area contributed by atoms with Crippen LogP contribution < -0.4 is 5.32 Å². The summed E-state index contributed by atoms with van der Waals surface area (Å²) in [6, 6.07) is 29.1. The molecule has 0 radical (unpaired) electrons. The maximum absolute atomic E-state index is 14.6. The number of likely N-dealkylation sites (tertiary alicyclic amines) is 1. The van der Waals surface area contributed by atoms with Crippen LogP contribution in [0.4, 0.5) is 5.69 Å². The summed E-state index contributed by atoms with van der Waals surface area (Å²) >= 11 is 15.2. The zero-order valence-corrected chi connectivity index (χ0v) is 25.7. The van der Waals surface area contributed by atoms with Crippen LogP contribution >= 0.6 is 23.2 Å². The van der Waals surface area contributed by atoms with Crippen LogP contribution in [0.15, 0.2) is 103 Å². The van der Waals surface area contributed by atoms with Crippen LogP contribution in [0.2, 0.25) is 0 Å². The third kappa shape index (κ3) is 4.25. The molecule has 4 aromatic rings. The average molecular weight is 640 g/mol. The van der Waals surface area contributed by atoms with E-state index in [1.54, 1.807) is 31.2 Å². The third-order valence-electron chi connectivity index (χ3n) is 9.17. The molecule has 45 heavy (non-hydrogen) atoms. The van der Waals surface area contributed by atoms with Crippen LogP contribution in [-0.4, -0.2) is 41.2 Å². The van der Waals surface area contributed by atoms with E-state index in [2.05, 4.69) is 5.32 Å². The monoisotopic (exact) mass is 638 g/mol. The predicted octanol–water partition coefficient (Wildman–Crippen LogP) is 6.01. The minimum atomic E-state index is -1.35. The number of alkyl halides is 2. The standard InChI is InChI=1S/C36H28Cl2N2O5/c1-2-45-34(44)22-16-18-23(19-17-22)39-31(41)28(20-21-10-4-3-5-11-21)40-32(42)29-30(33(40)43)36(38)25-13-7-6-12-24(25)35(29,37)26-14-8-9-15-27(26)36/h3-19,28-30H,2,20H2,1H3,(H,39,41)/t28-,29-,30+,35?,36?/m0/s1. The molecule has 8 rings (SSSR count). The van der Waals surface area contributed by atoms with Gasteiger partial charge in [-0.2, -0.15) is 0 Å². The number of halogens is 2. The van der Waals surface area contributed by atoms with Gasteiger partial charge in [0.25, 0.3) is 0 Å². The van der Waals surface area contributed by atoms with E-state index in [1.807, 2.05) is 78.9 Å². The van der Waals surface area contributed by atoms with Crippen molar-refractivity contribution in [3.05, 3.63) is 137 Å². The molecule has 3 aliphatic carbocycles. The fraction of sp³-hybridized carbons (Fsp3) is 0.222. The largest absolute Gasteiger partial charge is 0.462 e. The summed E-state index contributed by atoms with van der Waals surface area (Å²) in [4.78, 5) is 53.8. The predicted molar refractivity (Wildman–Crippen MR) is 170 cm³/mol. The summed E-state index contributed by atoms with van der Waals surface area (Å²) in [7, 11) is 0. The van der Waals surface area contributed by atoms with E-state index in [9.17, 15) is 19.2 Å². The number of imide groups is 1. The van der Waals surface area contributed by atoms with E-state index < -0.39 is 51.3 Å². The number of nitrogens with zero attached hydrogens (tertiary/aromatic N) is 1. The lowest BCUT2D eigenvalue weighted by Crippen LogP contribution is -2.57. The van der Waals surface area contributed by atoms with Crippen LogP contribution in [0.1, 0.15) is 45.1 Å². The van der Waals surface area contributed by atoms with Gasteiger partial charge in [-0.1, -0.05) is 78.9 Å². The molecular weight excluding hydrogens is 611 g/mol. The van der Waals surface area contributed by atoms with E-state index in [0.29, 0.717) is 33.5 Å². The number of nitrogens with one attached hydrogen (secondary N) is 1. The number of carbonyl (C=O) groups is 4. The summed E-state index contributed by atoms with van der Waals surface area (Å²) in [6.07, 6.45) is 0.0783. The van der Waals surface area contributed by atoms with Gasteiger partial charge in [0.2, 0.25) is 17.7 Å². The van der Waals surface area contributed by atoms with Crippen LogP contribution in [0, 0.1) is 11.8 Å². The fourth-order valence-electron chi connectivity index (χ4n) is 7.26. The zero-order chi connectivity index (χ0) is 31.5. The van der Waals surface area contributed by atoms with Crippen molar-refractivity contribution in [1.29, 1.82) is 0 Å². The molecule has 1 heterocycles. The van der Waals surface area contributed by atoms with Crippen molar-refractivity contribution in [3.8, 4) is 0 Å². The van der Waals surface area contributed by atoms with Gasteiger partial charge in [0.1, 0.15) is 15.8 Å². The Morgan fingerprint density at radius 2 is 1.22 bits per heavy atom. The summed E-state index contributed by atoms with van der Waals surface area (Å²) < 4.78 is 5.05. The van der Waals surface area contributed by atoms with Crippen molar-refractivity contribution in [2.45, 2.75) is 29.1 Å². The van der Waals surface area contributed by atoms with E-state index in [4.69, 9.17) is 27.9 Å². The molecule has 2 bridgehead atoms. The molecule has 226 valence electrons. The van der Waals surface area contributed by atoms with Gasteiger partial charge in [0.15, 0.2) is 0 Å². The summed E-state index contributed by atoms with van der Waals surface area (Å²) in [5, 5.41) is 2.85. The molecule has 3 amide bonds. The lowest BCUT2D eigenvalue weighted by molar-refractivity contribution is -0.146. The first-order chi connectivity index (χ1) is 21.7. The molecule has 1 fully saturated rings. The second-order valence-electron chi connectivity index (χ2n) is 11.5. The number of carbonyl (C=O) groups excluding carboxylic acids is 4. The smallest absolute Gasteiger partial charge is 0.338 e. The number of hydrogen-bond donors (Lipinski definition) is 1. The molecule has 0 aromatic heterocycles. The molecule has 0 spiro atoms. The number of amides is 3.